The molecule has 3 aromatic rings. The first-order valence-electron chi connectivity index (χ1n) is 9.16. The van der Waals surface area contributed by atoms with Gasteiger partial charge in [-0.05, 0) is 49.6 Å². The van der Waals surface area contributed by atoms with Crippen LogP contribution in [0.1, 0.15) is 34.7 Å². The summed E-state index contributed by atoms with van der Waals surface area (Å²) in [6, 6.07) is 10.0. The van der Waals surface area contributed by atoms with Gasteiger partial charge in [-0.1, -0.05) is 30.7 Å². The van der Waals surface area contributed by atoms with Gasteiger partial charge in [-0.15, -0.1) is 0 Å². The molecule has 27 heavy (non-hydrogen) atoms. The molecule has 0 saturated heterocycles. The Kier molecular flexibility index (Phi) is 4.70. The van der Waals surface area contributed by atoms with Crippen molar-refractivity contribution >= 4 is 22.6 Å². The molecule has 0 spiro atoms. The smallest absolute Gasteiger partial charge is 0.339 e. The van der Waals surface area contributed by atoms with Crippen molar-refractivity contribution in [3.05, 3.63) is 73.6 Å². The van der Waals surface area contributed by atoms with E-state index < -0.39 is 0 Å². The Morgan fingerprint density at radius 1 is 1.19 bits per heavy atom. The van der Waals surface area contributed by atoms with Gasteiger partial charge < -0.3 is 9.15 Å². The normalized spacial score (nSPS) is 14.2. The number of aryl methyl sites for hydroxylation is 2. The van der Waals surface area contributed by atoms with E-state index in [0.717, 1.165) is 57.1 Å². The van der Waals surface area contributed by atoms with Crippen molar-refractivity contribution < 1.29 is 9.15 Å². The highest BCUT2D eigenvalue weighted by atomic mass is 35.5. The van der Waals surface area contributed by atoms with Crippen molar-refractivity contribution in [3.8, 4) is 5.75 Å². The van der Waals surface area contributed by atoms with E-state index in [4.69, 9.17) is 20.8 Å². The molecule has 0 aliphatic carbocycles. The second-order valence-electron chi connectivity index (χ2n) is 7.10. The van der Waals surface area contributed by atoms with E-state index in [0.29, 0.717) is 18.7 Å². The third-order valence-corrected chi connectivity index (χ3v) is 5.50. The van der Waals surface area contributed by atoms with Gasteiger partial charge in [0.05, 0.1) is 0 Å². The third-order valence-electron chi connectivity index (χ3n) is 5.27. The molecule has 1 aromatic heterocycles. The molecule has 0 fully saturated rings. The maximum absolute atomic E-state index is 12.3. The highest BCUT2D eigenvalue weighted by Gasteiger charge is 2.23. The van der Waals surface area contributed by atoms with Crippen LogP contribution in [-0.2, 0) is 19.5 Å². The first-order valence-corrected chi connectivity index (χ1v) is 9.54. The number of benzene rings is 2. The Morgan fingerprint density at radius 2 is 2.00 bits per heavy atom. The summed E-state index contributed by atoms with van der Waals surface area (Å²) in [6.45, 7) is 7.96. The summed E-state index contributed by atoms with van der Waals surface area (Å²) in [5.41, 5.74) is 5.30. The number of halogens is 1. The Morgan fingerprint density at radius 3 is 2.74 bits per heavy atom. The van der Waals surface area contributed by atoms with Crippen molar-refractivity contribution in [1.29, 1.82) is 0 Å². The summed E-state index contributed by atoms with van der Waals surface area (Å²) < 4.78 is 11.7. The van der Waals surface area contributed by atoms with Crippen LogP contribution in [0.25, 0.3) is 11.0 Å². The number of hydrogen-bond donors (Lipinski definition) is 0. The van der Waals surface area contributed by atoms with Crippen LogP contribution in [0.4, 0.5) is 0 Å². The zero-order valence-electron chi connectivity index (χ0n) is 15.8. The zero-order chi connectivity index (χ0) is 19.1. The van der Waals surface area contributed by atoms with Gasteiger partial charge >= 0.3 is 5.63 Å². The fourth-order valence-corrected chi connectivity index (χ4v) is 4.11. The molecule has 2 heterocycles. The van der Waals surface area contributed by atoms with Crippen molar-refractivity contribution in [2.24, 2.45) is 0 Å². The Labute approximate surface area is 163 Å². The monoisotopic (exact) mass is 383 g/mol. The lowest BCUT2D eigenvalue weighted by Gasteiger charge is -2.30. The van der Waals surface area contributed by atoms with Crippen LogP contribution in [0.5, 0.6) is 5.75 Å². The average Bonchev–Trinajstić information content (AvgIpc) is 2.63. The molecule has 2 aromatic carbocycles. The van der Waals surface area contributed by atoms with E-state index in [1.165, 1.54) is 0 Å². The fraction of sp³-hybridized carbons (Fsp3) is 0.318. The minimum Gasteiger partial charge on any atom is -0.477 e. The lowest BCUT2D eigenvalue weighted by Crippen LogP contribution is -2.32. The highest BCUT2D eigenvalue weighted by Crippen LogP contribution is 2.36. The number of fused-ring (bicyclic) bond motifs is 2. The molecular formula is C22H22ClNO3. The quantitative estimate of drug-likeness (QED) is 0.598. The van der Waals surface area contributed by atoms with Gasteiger partial charge in [-0.2, -0.15) is 0 Å². The van der Waals surface area contributed by atoms with Gasteiger partial charge in [0.15, 0.2) is 0 Å². The Bertz CT molecular complexity index is 1090. The first kappa shape index (κ1) is 18.1. The maximum atomic E-state index is 12.3. The molecule has 5 heteroatoms. The summed E-state index contributed by atoms with van der Waals surface area (Å²) in [4.78, 5) is 14.5. The topological polar surface area (TPSA) is 42.7 Å². The first-order chi connectivity index (χ1) is 13.0. The van der Waals surface area contributed by atoms with Crippen molar-refractivity contribution in [3.63, 3.8) is 0 Å². The molecule has 140 valence electrons. The number of ether oxygens (including phenoxy) is 1. The summed E-state index contributed by atoms with van der Waals surface area (Å²) in [5.74, 6) is 0.830. The zero-order valence-corrected chi connectivity index (χ0v) is 16.5. The van der Waals surface area contributed by atoms with E-state index in [9.17, 15) is 4.79 Å². The standard InChI is InChI=1S/C22H22ClNO3/c1-4-18-13(2)19-9-16-11-24(10-15-6-5-7-17(23)8-15)12-26-20(16)14(3)21(19)27-22(18)25/h5-9H,4,10-12H2,1-3H3. The van der Waals surface area contributed by atoms with E-state index in [1.54, 1.807) is 0 Å². The Balaban J connectivity index is 1.73. The molecule has 0 saturated carbocycles. The van der Waals surface area contributed by atoms with Gasteiger partial charge in [0.2, 0.25) is 0 Å². The number of nitrogens with zero attached hydrogens (tertiary/aromatic N) is 1. The third kappa shape index (κ3) is 3.24. The molecule has 0 unspecified atom stereocenters. The summed E-state index contributed by atoms with van der Waals surface area (Å²) in [5, 5.41) is 1.74. The van der Waals surface area contributed by atoms with Crippen LogP contribution in [0.3, 0.4) is 0 Å². The van der Waals surface area contributed by atoms with Gasteiger partial charge in [0, 0.05) is 40.2 Å². The maximum Gasteiger partial charge on any atom is 0.339 e. The van der Waals surface area contributed by atoms with Crippen LogP contribution in [0, 0.1) is 13.8 Å². The summed E-state index contributed by atoms with van der Waals surface area (Å²) >= 11 is 6.10. The van der Waals surface area contributed by atoms with E-state index in [-0.39, 0.29) is 5.63 Å². The van der Waals surface area contributed by atoms with Crippen molar-refractivity contribution in [2.45, 2.75) is 40.3 Å². The van der Waals surface area contributed by atoms with Gasteiger partial charge in [0.25, 0.3) is 0 Å². The minimum atomic E-state index is -0.246. The Hall–Kier alpha value is -2.30. The summed E-state index contributed by atoms with van der Waals surface area (Å²) in [6.07, 6.45) is 0.664. The van der Waals surface area contributed by atoms with Crippen LogP contribution in [-0.4, -0.2) is 11.6 Å². The molecular weight excluding hydrogens is 362 g/mol. The minimum absolute atomic E-state index is 0.246. The van der Waals surface area contributed by atoms with Gasteiger partial charge in [-0.3, -0.25) is 4.90 Å². The van der Waals surface area contributed by atoms with Crippen LogP contribution < -0.4 is 10.4 Å². The predicted molar refractivity (Wildman–Crippen MR) is 108 cm³/mol. The molecule has 0 radical (unpaired) electrons. The lowest BCUT2D eigenvalue weighted by molar-refractivity contribution is 0.0881. The molecule has 1 aliphatic rings. The second-order valence-corrected chi connectivity index (χ2v) is 7.54. The van der Waals surface area contributed by atoms with E-state index in [1.807, 2.05) is 39.0 Å². The van der Waals surface area contributed by atoms with Crippen molar-refractivity contribution in [1.82, 2.24) is 4.90 Å². The van der Waals surface area contributed by atoms with E-state index in [2.05, 4.69) is 17.0 Å². The van der Waals surface area contributed by atoms with Crippen LogP contribution >= 0.6 is 11.6 Å². The van der Waals surface area contributed by atoms with E-state index >= 15 is 0 Å². The average molecular weight is 384 g/mol. The number of rotatable bonds is 3. The highest BCUT2D eigenvalue weighted by molar-refractivity contribution is 6.30. The summed E-state index contributed by atoms with van der Waals surface area (Å²) in [7, 11) is 0. The van der Waals surface area contributed by atoms with Crippen LogP contribution in [0.2, 0.25) is 5.02 Å². The SMILES string of the molecule is CCc1c(C)c2cc3c(c(C)c2oc1=O)OCN(Cc1cccc(Cl)c1)C3. The molecule has 0 amide bonds. The molecule has 0 bridgehead atoms. The molecule has 0 atom stereocenters. The lowest BCUT2D eigenvalue weighted by atomic mass is 9.98. The van der Waals surface area contributed by atoms with Crippen LogP contribution in [0.15, 0.2) is 39.5 Å². The second kappa shape index (κ2) is 7.02. The molecule has 4 nitrogen and oxygen atoms in total. The largest absolute Gasteiger partial charge is 0.477 e. The van der Waals surface area contributed by atoms with Gasteiger partial charge in [-0.25, -0.2) is 4.79 Å². The molecule has 0 N–H and O–H groups in total. The van der Waals surface area contributed by atoms with Crippen molar-refractivity contribution in [2.75, 3.05) is 6.73 Å². The van der Waals surface area contributed by atoms with Gasteiger partial charge in [0.1, 0.15) is 18.1 Å². The predicted octanol–water partition coefficient (Wildman–Crippen LogP) is 4.98. The fourth-order valence-electron chi connectivity index (χ4n) is 3.90. The molecule has 4 rings (SSSR count). The number of hydrogen-bond acceptors (Lipinski definition) is 4. The molecule has 1 aliphatic heterocycles.